The van der Waals surface area contributed by atoms with Crippen LogP contribution in [0.3, 0.4) is 0 Å². The van der Waals surface area contributed by atoms with E-state index in [0.717, 1.165) is 44.4 Å². The molecule has 178 valence electrons. The van der Waals surface area contributed by atoms with Crippen molar-refractivity contribution in [2.24, 2.45) is 7.05 Å². The van der Waals surface area contributed by atoms with Crippen LogP contribution in [0, 0.1) is 6.92 Å². The Morgan fingerprint density at radius 3 is 2.39 bits per heavy atom. The van der Waals surface area contributed by atoms with Crippen LogP contribution in [0.4, 0.5) is 0 Å². The van der Waals surface area contributed by atoms with Gasteiger partial charge in [-0.1, -0.05) is 53.5 Å². The fourth-order valence-electron chi connectivity index (χ4n) is 4.88. The lowest BCUT2D eigenvalue weighted by molar-refractivity contribution is 0.746. The average Bonchev–Trinajstić information content (AvgIpc) is 3.54. The zero-order chi connectivity index (χ0) is 25.0. The second-order valence-electron chi connectivity index (χ2n) is 8.71. The van der Waals surface area contributed by atoms with Gasteiger partial charge in [0.2, 0.25) is 0 Å². The monoisotopic (exact) mass is 532 g/mol. The fraction of sp³-hybridized carbons (Fsp3) is 0.111. The van der Waals surface area contributed by atoms with Gasteiger partial charge in [-0.3, -0.25) is 0 Å². The van der Waals surface area contributed by atoms with E-state index in [-0.39, 0.29) is 0 Å². The SMILES string of the molecule is Cc1c(-c2cccc(Cl)c2)c2cc(C(Cl)(c3ccc(Cl)cc3)c3cncn3C)ccc2n2nnnc12. The molecule has 0 amide bonds. The third-order valence-electron chi connectivity index (χ3n) is 6.60. The molecule has 0 saturated carbocycles. The topological polar surface area (TPSA) is 60.9 Å². The number of hydrogen-bond acceptors (Lipinski definition) is 4. The first-order valence-corrected chi connectivity index (χ1v) is 12.3. The molecule has 0 fully saturated rings. The smallest absolute Gasteiger partial charge is 0.183 e. The fourth-order valence-corrected chi connectivity index (χ4v) is 5.62. The van der Waals surface area contributed by atoms with Crippen LogP contribution in [0.5, 0.6) is 0 Å². The standard InChI is InChI=1S/C27H19Cl3N6/c1-16-25(17-4-3-5-21(29)12-17)22-13-19(8-11-23(22)36-26(16)32-33-34-36)27(30,24-14-31-15-35(24)2)18-6-9-20(28)10-7-18/h3-15H,1-2H3. The number of halogens is 3. The maximum absolute atomic E-state index is 7.60. The Kier molecular flexibility index (Phi) is 5.48. The van der Waals surface area contributed by atoms with Crippen LogP contribution < -0.4 is 0 Å². The normalized spacial score (nSPS) is 13.4. The number of aryl methyl sites for hydroxylation is 2. The minimum atomic E-state index is -1.03. The summed E-state index contributed by atoms with van der Waals surface area (Å²) >= 11 is 20.2. The van der Waals surface area contributed by atoms with E-state index in [4.69, 9.17) is 34.8 Å². The van der Waals surface area contributed by atoms with Gasteiger partial charge in [0.25, 0.3) is 0 Å². The Morgan fingerprint density at radius 2 is 1.67 bits per heavy atom. The maximum atomic E-state index is 7.60. The van der Waals surface area contributed by atoms with Crippen LogP contribution in [0.25, 0.3) is 27.7 Å². The molecule has 9 heteroatoms. The molecule has 0 saturated heterocycles. The van der Waals surface area contributed by atoms with Crippen LogP contribution in [0.1, 0.15) is 22.4 Å². The van der Waals surface area contributed by atoms with Gasteiger partial charge in [-0.15, -0.1) is 16.7 Å². The number of pyridine rings is 1. The predicted octanol–water partition coefficient (Wildman–Crippen LogP) is 6.82. The molecule has 0 N–H and O–H groups in total. The van der Waals surface area contributed by atoms with Gasteiger partial charge >= 0.3 is 0 Å². The molecular weight excluding hydrogens is 515 g/mol. The van der Waals surface area contributed by atoms with Gasteiger partial charge < -0.3 is 4.57 Å². The minimum absolute atomic E-state index is 0.640. The van der Waals surface area contributed by atoms with Crippen molar-refractivity contribution in [3.63, 3.8) is 0 Å². The number of fused-ring (bicyclic) bond motifs is 3. The first-order valence-electron chi connectivity index (χ1n) is 11.2. The second-order valence-corrected chi connectivity index (χ2v) is 10.2. The molecule has 0 bridgehead atoms. The molecule has 6 nitrogen and oxygen atoms in total. The molecule has 0 aliphatic heterocycles. The summed E-state index contributed by atoms with van der Waals surface area (Å²) in [6, 6.07) is 21.5. The number of aromatic nitrogens is 6. The van der Waals surface area contributed by atoms with E-state index in [1.807, 2.05) is 79.2 Å². The Hall–Kier alpha value is -3.45. The largest absolute Gasteiger partial charge is 0.336 e. The van der Waals surface area contributed by atoms with Gasteiger partial charge in [0.1, 0.15) is 4.87 Å². The highest BCUT2D eigenvalue weighted by atomic mass is 35.5. The summed E-state index contributed by atoms with van der Waals surface area (Å²) in [5.74, 6) is 0. The van der Waals surface area contributed by atoms with Crippen molar-refractivity contribution in [2.75, 3.05) is 0 Å². The summed E-state index contributed by atoms with van der Waals surface area (Å²) in [7, 11) is 1.93. The first kappa shape index (κ1) is 23.0. The highest BCUT2D eigenvalue weighted by molar-refractivity contribution is 6.31. The molecule has 1 unspecified atom stereocenters. The zero-order valence-electron chi connectivity index (χ0n) is 19.3. The van der Waals surface area contributed by atoms with Crippen LogP contribution in [0.2, 0.25) is 10.0 Å². The number of nitrogens with zero attached hydrogens (tertiary/aromatic N) is 6. The highest BCUT2D eigenvalue weighted by Gasteiger charge is 2.37. The molecule has 36 heavy (non-hydrogen) atoms. The number of rotatable bonds is 4. The van der Waals surface area contributed by atoms with Gasteiger partial charge in [0, 0.05) is 28.0 Å². The van der Waals surface area contributed by atoms with E-state index in [0.29, 0.717) is 15.7 Å². The van der Waals surface area contributed by atoms with Crippen molar-refractivity contribution in [1.29, 1.82) is 0 Å². The summed E-state index contributed by atoms with van der Waals surface area (Å²) in [5.41, 5.74) is 7.04. The number of alkyl halides is 1. The van der Waals surface area contributed by atoms with E-state index in [1.165, 1.54) is 0 Å². The molecule has 3 aromatic carbocycles. The number of tetrazole rings is 1. The minimum Gasteiger partial charge on any atom is -0.336 e. The van der Waals surface area contributed by atoms with E-state index in [1.54, 1.807) is 17.0 Å². The molecule has 0 aliphatic carbocycles. The molecular formula is C27H19Cl3N6. The van der Waals surface area contributed by atoms with Crippen LogP contribution in [-0.4, -0.2) is 29.6 Å². The molecule has 6 aromatic rings. The van der Waals surface area contributed by atoms with E-state index >= 15 is 0 Å². The van der Waals surface area contributed by atoms with Crippen LogP contribution in [-0.2, 0) is 11.9 Å². The van der Waals surface area contributed by atoms with Crippen molar-refractivity contribution in [3.05, 3.63) is 112 Å². The summed E-state index contributed by atoms with van der Waals surface area (Å²) in [5, 5.41) is 14.7. The lowest BCUT2D eigenvalue weighted by atomic mass is 9.85. The Bertz CT molecular complexity index is 1760. The number of hydrogen-bond donors (Lipinski definition) is 0. The molecule has 0 radical (unpaired) electrons. The van der Waals surface area contributed by atoms with E-state index < -0.39 is 4.87 Å². The lowest BCUT2D eigenvalue weighted by Crippen LogP contribution is -2.25. The summed E-state index contributed by atoms with van der Waals surface area (Å²) in [6.07, 6.45) is 3.54. The molecule has 0 spiro atoms. The highest BCUT2D eigenvalue weighted by Crippen LogP contribution is 2.45. The Morgan fingerprint density at radius 1 is 0.889 bits per heavy atom. The molecule has 6 rings (SSSR count). The van der Waals surface area contributed by atoms with E-state index in [9.17, 15) is 0 Å². The lowest BCUT2D eigenvalue weighted by Gasteiger charge is -2.29. The van der Waals surface area contributed by atoms with Crippen molar-refractivity contribution in [2.45, 2.75) is 11.8 Å². The van der Waals surface area contributed by atoms with Crippen LogP contribution >= 0.6 is 34.8 Å². The van der Waals surface area contributed by atoms with Gasteiger partial charge in [-0.25, -0.2) is 4.98 Å². The Balaban J connectivity index is 1.71. The van der Waals surface area contributed by atoms with Crippen molar-refractivity contribution in [1.82, 2.24) is 29.6 Å². The summed E-state index contributed by atoms with van der Waals surface area (Å²) in [4.78, 5) is 3.32. The van der Waals surface area contributed by atoms with Gasteiger partial charge in [-0.05, 0) is 76.0 Å². The van der Waals surface area contributed by atoms with Gasteiger partial charge in [-0.2, -0.15) is 4.52 Å². The van der Waals surface area contributed by atoms with E-state index in [2.05, 4.69) is 26.6 Å². The van der Waals surface area contributed by atoms with Crippen LogP contribution in [0.15, 0.2) is 79.3 Å². The number of benzene rings is 3. The summed E-state index contributed by atoms with van der Waals surface area (Å²) < 4.78 is 3.68. The summed E-state index contributed by atoms with van der Waals surface area (Å²) in [6.45, 7) is 2.02. The molecule has 3 heterocycles. The van der Waals surface area contributed by atoms with Crippen molar-refractivity contribution >= 4 is 51.4 Å². The van der Waals surface area contributed by atoms with Crippen molar-refractivity contribution < 1.29 is 0 Å². The second kappa shape index (κ2) is 8.59. The molecule has 3 aromatic heterocycles. The molecule has 0 aliphatic rings. The maximum Gasteiger partial charge on any atom is 0.183 e. The quantitative estimate of drug-likeness (QED) is 0.233. The zero-order valence-corrected chi connectivity index (χ0v) is 21.6. The third kappa shape index (κ3) is 3.48. The molecule has 1 atom stereocenters. The predicted molar refractivity (Wildman–Crippen MR) is 144 cm³/mol. The first-order chi connectivity index (χ1) is 17.4. The average molecular weight is 534 g/mol. The van der Waals surface area contributed by atoms with Gasteiger partial charge in [0.05, 0.1) is 23.7 Å². The Labute approximate surface area is 222 Å². The van der Waals surface area contributed by atoms with Crippen molar-refractivity contribution in [3.8, 4) is 11.1 Å². The third-order valence-corrected chi connectivity index (χ3v) is 7.71. The number of imidazole rings is 1. The van der Waals surface area contributed by atoms with Gasteiger partial charge in [0.15, 0.2) is 5.65 Å².